The molecule has 4 amide bonds. The number of carboxylic acids is 1. The van der Waals surface area contributed by atoms with Crippen molar-refractivity contribution in [2.24, 2.45) is 28.9 Å². The van der Waals surface area contributed by atoms with Gasteiger partial charge in [0, 0.05) is 49.0 Å². The Bertz CT molecular complexity index is 2010. The number of aliphatic carboxylic acids is 1. The summed E-state index contributed by atoms with van der Waals surface area (Å²) >= 11 is 0. The minimum Gasteiger partial charge on any atom is -0.480 e. The Labute approximate surface area is 338 Å². The number of carbonyl (C=O) groups excluding carboxylic acids is 5. The summed E-state index contributed by atoms with van der Waals surface area (Å²) in [5.74, 6) is -1.80. The van der Waals surface area contributed by atoms with Crippen LogP contribution in [0.5, 0.6) is 0 Å². The van der Waals surface area contributed by atoms with Crippen LogP contribution in [0.25, 0.3) is 0 Å². The summed E-state index contributed by atoms with van der Waals surface area (Å²) in [5.41, 5.74) is 6.20. The molecule has 1 aliphatic heterocycles. The molecule has 1 saturated heterocycles. The molecule has 2 atom stereocenters. The molecule has 5 aliphatic rings. The van der Waals surface area contributed by atoms with E-state index in [1.165, 1.54) is 43.5 Å². The molecule has 0 radical (unpaired) electrons. The molecule has 1 heterocycles. The van der Waals surface area contributed by atoms with E-state index >= 15 is 0 Å². The lowest BCUT2D eigenvalue weighted by Crippen LogP contribution is -2.53. The van der Waals surface area contributed by atoms with Crippen molar-refractivity contribution in [3.63, 3.8) is 0 Å². The predicted molar refractivity (Wildman–Crippen MR) is 213 cm³/mol. The fourth-order valence-corrected chi connectivity index (χ4v) is 11.4. The number of nitrogens with one attached hydrogen (secondary N) is 5. The van der Waals surface area contributed by atoms with E-state index in [9.17, 15) is 42.3 Å². The van der Waals surface area contributed by atoms with Gasteiger partial charge < -0.3 is 32.1 Å². The first-order valence-corrected chi connectivity index (χ1v) is 21.5. The summed E-state index contributed by atoms with van der Waals surface area (Å²) < 4.78 is 27.4. The van der Waals surface area contributed by atoms with E-state index in [-0.39, 0.29) is 77.9 Å². The van der Waals surface area contributed by atoms with Gasteiger partial charge in [0.2, 0.25) is 27.7 Å². The van der Waals surface area contributed by atoms with Gasteiger partial charge in [-0.1, -0.05) is 18.2 Å². The lowest BCUT2D eigenvalue weighted by atomic mass is 9.49. The molecular formula is C41H53N7O9S. The number of anilines is 1. The van der Waals surface area contributed by atoms with Gasteiger partial charge in [-0.05, 0) is 118 Å². The van der Waals surface area contributed by atoms with Crippen molar-refractivity contribution in [3.05, 3.63) is 59.7 Å². The molecule has 312 valence electrons. The molecule has 4 aliphatic carbocycles. The molecular weight excluding hydrogens is 767 g/mol. The van der Waals surface area contributed by atoms with Crippen molar-refractivity contribution >= 4 is 56.9 Å². The summed E-state index contributed by atoms with van der Waals surface area (Å²) in [5, 5.41) is 28.3. The summed E-state index contributed by atoms with van der Waals surface area (Å²) in [6, 6.07) is 9.54. The Morgan fingerprint density at radius 2 is 1.60 bits per heavy atom. The first kappa shape index (κ1) is 42.4. The van der Waals surface area contributed by atoms with Crippen LogP contribution in [0, 0.1) is 28.6 Å². The fraction of sp³-hybridized carbons (Fsp3) is 0.537. The van der Waals surface area contributed by atoms with Crippen LogP contribution >= 0.6 is 0 Å². The highest BCUT2D eigenvalue weighted by Gasteiger charge is 2.54. The first-order chi connectivity index (χ1) is 27.6. The van der Waals surface area contributed by atoms with Crippen molar-refractivity contribution in [1.29, 1.82) is 5.41 Å². The highest BCUT2D eigenvalue weighted by Crippen LogP contribution is 2.60. The van der Waals surface area contributed by atoms with E-state index in [0.717, 1.165) is 23.6 Å². The standard InChI is InChI=1S/C41H53N7O9S/c42-35(43)19-25-17-29(20-30(18-25)46-36(50)9-4-12-44-40(55)41-21-26-14-27(22-41)16-28(15-26)23-41)37(51)45-24-31(49)10-11-33(39(53)54)47-38(52)34-8-5-13-48(34)58(56,57)32-6-2-1-3-7-32/h1-3,6-7,17-18,20,26-28,33-34H,4-5,8-16,19,21-24H2,(H3,42,43)(H,44,55)(H,45,51)(H,46,50)(H,47,52)(H,53,54)/t26?,27?,28?,33-,34-,41?/m0/s1. The van der Waals surface area contributed by atoms with Crippen molar-refractivity contribution in [2.75, 3.05) is 25.0 Å². The van der Waals surface area contributed by atoms with Crippen molar-refractivity contribution in [1.82, 2.24) is 20.3 Å². The molecule has 58 heavy (non-hydrogen) atoms. The minimum atomic E-state index is -4.00. The van der Waals surface area contributed by atoms with Crippen molar-refractivity contribution in [3.8, 4) is 0 Å². The highest BCUT2D eigenvalue weighted by molar-refractivity contribution is 7.89. The summed E-state index contributed by atoms with van der Waals surface area (Å²) in [4.78, 5) is 77.4. The molecule has 4 bridgehead atoms. The molecule has 16 nitrogen and oxygen atoms in total. The van der Waals surface area contributed by atoms with E-state index in [4.69, 9.17) is 11.1 Å². The van der Waals surface area contributed by atoms with Gasteiger partial charge in [-0.3, -0.25) is 29.4 Å². The van der Waals surface area contributed by atoms with E-state index in [1.807, 2.05) is 0 Å². The SMILES string of the molecule is N=C(N)Cc1cc(NC(=O)CCCNC(=O)C23CC4CC(CC(C4)C2)C3)cc(C(=O)NCC(=O)CC[C@H](NC(=O)[C@@H]2CCCN2S(=O)(=O)c2ccccc2)C(=O)O)c1. The molecule has 17 heteroatoms. The van der Waals surface area contributed by atoms with Crippen LogP contribution in [-0.2, 0) is 40.4 Å². The summed E-state index contributed by atoms with van der Waals surface area (Å²) in [6.07, 6.45) is 7.16. The van der Waals surface area contributed by atoms with Gasteiger partial charge in [-0.15, -0.1) is 0 Å². The number of Topliss-reactive ketones (excluding diaryl/α,β-unsaturated/α-hetero) is 1. The number of amidine groups is 1. The minimum absolute atomic E-state index is 0.00161. The third-order valence-electron chi connectivity index (χ3n) is 11.9. The number of benzene rings is 2. The molecule has 5 fully saturated rings. The largest absolute Gasteiger partial charge is 0.480 e. The molecule has 0 spiro atoms. The average Bonchev–Trinajstić information content (AvgIpc) is 3.68. The zero-order valence-electron chi connectivity index (χ0n) is 32.5. The van der Waals surface area contributed by atoms with Crippen molar-refractivity contribution in [2.45, 2.75) is 100 Å². The number of nitrogens with two attached hydrogens (primary N) is 1. The quantitative estimate of drug-likeness (QED) is 0.0620. The van der Waals surface area contributed by atoms with E-state index < -0.39 is 52.2 Å². The van der Waals surface area contributed by atoms with Crippen LogP contribution in [0.3, 0.4) is 0 Å². The fourth-order valence-electron chi connectivity index (χ4n) is 9.69. The number of sulfonamides is 1. The second-order valence-corrected chi connectivity index (χ2v) is 18.4. The van der Waals surface area contributed by atoms with Crippen LogP contribution < -0.4 is 27.0 Å². The number of amides is 4. The van der Waals surface area contributed by atoms with Gasteiger partial charge in [0.1, 0.15) is 12.1 Å². The monoisotopic (exact) mass is 819 g/mol. The molecule has 2 aromatic carbocycles. The zero-order chi connectivity index (χ0) is 41.6. The lowest BCUT2D eigenvalue weighted by Gasteiger charge is -2.55. The van der Waals surface area contributed by atoms with Crippen LogP contribution in [0.1, 0.15) is 93.0 Å². The predicted octanol–water partition coefficient (Wildman–Crippen LogP) is 2.72. The highest BCUT2D eigenvalue weighted by atomic mass is 32.2. The number of ketones is 1. The van der Waals surface area contributed by atoms with Gasteiger partial charge in [-0.25, -0.2) is 13.2 Å². The van der Waals surface area contributed by atoms with E-state index in [0.29, 0.717) is 42.7 Å². The molecule has 7 rings (SSSR count). The summed E-state index contributed by atoms with van der Waals surface area (Å²) in [7, 11) is -4.00. The van der Waals surface area contributed by atoms with Gasteiger partial charge in [0.05, 0.1) is 17.3 Å². The Balaban J connectivity index is 0.967. The van der Waals surface area contributed by atoms with Crippen LogP contribution in [0.2, 0.25) is 0 Å². The molecule has 0 aromatic heterocycles. The Morgan fingerprint density at radius 1 is 0.931 bits per heavy atom. The van der Waals surface area contributed by atoms with Gasteiger partial charge >= 0.3 is 5.97 Å². The number of rotatable bonds is 19. The number of carboxylic acid groups (broad SMARTS) is 1. The second kappa shape index (κ2) is 18.2. The Kier molecular flexibility index (Phi) is 13.3. The molecule has 0 unspecified atom stereocenters. The number of nitrogens with zero attached hydrogens (tertiary/aromatic N) is 1. The lowest BCUT2D eigenvalue weighted by molar-refractivity contribution is -0.146. The summed E-state index contributed by atoms with van der Waals surface area (Å²) in [6.45, 7) is 0.00915. The zero-order valence-corrected chi connectivity index (χ0v) is 33.3. The van der Waals surface area contributed by atoms with Gasteiger partial charge in [-0.2, -0.15) is 4.31 Å². The van der Waals surface area contributed by atoms with E-state index in [2.05, 4.69) is 21.3 Å². The maximum Gasteiger partial charge on any atom is 0.326 e. The maximum absolute atomic E-state index is 13.3. The van der Waals surface area contributed by atoms with Gasteiger partial charge in [0.15, 0.2) is 5.78 Å². The first-order valence-electron chi connectivity index (χ1n) is 20.1. The normalized spacial score (nSPS) is 24.1. The topological polar surface area (TPSA) is 258 Å². The Hall–Kier alpha value is -5.16. The molecule has 4 saturated carbocycles. The van der Waals surface area contributed by atoms with Crippen molar-refractivity contribution < 1.29 is 42.3 Å². The number of hydrogen-bond donors (Lipinski definition) is 7. The van der Waals surface area contributed by atoms with Crippen LogP contribution in [0.4, 0.5) is 5.69 Å². The molecule has 8 N–H and O–H groups in total. The van der Waals surface area contributed by atoms with Gasteiger partial charge in [0.25, 0.3) is 5.91 Å². The Morgan fingerprint density at radius 3 is 2.24 bits per heavy atom. The maximum atomic E-state index is 13.3. The average molecular weight is 820 g/mol. The third kappa shape index (κ3) is 10.3. The smallest absolute Gasteiger partial charge is 0.326 e. The van der Waals surface area contributed by atoms with Crippen LogP contribution in [0.15, 0.2) is 53.4 Å². The molecule has 2 aromatic rings. The number of carbonyl (C=O) groups is 6. The van der Waals surface area contributed by atoms with Crippen LogP contribution in [-0.4, -0.2) is 90.8 Å². The number of hydrogen-bond acceptors (Lipinski definition) is 9. The second-order valence-electron chi connectivity index (χ2n) is 16.5. The van der Waals surface area contributed by atoms with E-state index in [1.54, 1.807) is 24.3 Å². The third-order valence-corrected chi connectivity index (χ3v) is 13.9.